The molecule has 22 heavy (non-hydrogen) atoms. The molecule has 0 bridgehead atoms. The van der Waals surface area contributed by atoms with Gasteiger partial charge in [-0.2, -0.15) is 0 Å². The number of alkyl carbamates (subject to hydrolysis) is 1. The summed E-state index contributed by atoms with van der Waals surface area (Å²) < 4.78 is 5.88. The highest BCUT2D eigenvalue weighted by atomic mass is 79.9. The van der Waals surface area contributed by atoms with Gasteiger partial charge in [0.05, 0.1) is 5.69 Å². The lowest BCUT2D eigenvalue weighted by molar-refractivity contribution is 0.0528. The second-order valence-corrected chi connectivity index (χ2v) is 6.30. The molecule has 1 N–H and O–H groups in total. The second-order valence-electron chi connectivity index (χ2n) is 5.38. The first kappa shape index (κ1) is 20.6. The molecule has 0 aromatic carbocycles. The minimum Gasteiger partial charge on any atom is -0.444 e. The van der Waals surface area contributed by atoms with Crippen molar-refractivity contribution in [3.63, 3.8) is 0 Å². The van der Waals surface area contributed by atoms with Crippen LogP contribution in [0.5, 0.6) is 0 Å². The third kappa shape index (κ3) is 8.12. The molecule has 5 nitrogen and oxygen atoms in total. The monoisotopic (exact) mass is 372 g/mol. The molecular formula is C16H25BrN2O3. The molecule has 1 aromatic rings. The summed E-state index contributed by atoms with van der Waals surface area (Å²) in [7, 11) is 0. The number of carbonyl (C=O) groups excluding carboxylic acids is 2. The summed E-state index contributed by atoms with van der Waals surface area (Å²) in [5, 5.41) is 2.64. The Balaban J connectivity index is 0.00000211. The number of hydrogen-bond acceptors (Lipinski definition) is 4. The third-order valence-corrected chi connectivity index (χ3v) is 2.78. The summed E-state index contributed by atoms with van der Waals surface area (Å²) in [5.41, 5.74) is 0.701. The summed E-state index contributed by atoms with van der Waals surface area (Å²) >= 11 is 3.28. The zero-order valence-corrected chi connectivity index (χ0v) is 15.7. The predicted molar refractivity (Wildman–Crippen MR) is 91.2 cm³/mol. The second kappa shape index (κ2) is 9.56. The lowest BCUT2D eigenvalue weighted by Gasteiger charge is -2.19. The number of nitrogens with one attached hydrogen (secondary N) is 1. The summed E-state index contributed by atoms with van der Waals surface area (Å²) in [5.74, 6) is -0.0499. The highest BCUT2D eigenvalue weighted by molar-refractivity contribution is 9.10. The molecule has 1 amide bonds. The van der Waals surface area contributed by atoms with Crippen molar-refractivity contribution >= 4 is 27.8 Å². The number of amides is 1. The van der Waals surface area contributed by atoms with E-state index in [2.05, 4.69) is 26.2 Å². The van der Waals surface area contributed by atoms with Gasteiger partial charge in [0.25, 0.3) is 0 Å². The molecule has 0 aliphatic rings. The first-order chi connectivity index (χ1) is 10.2. The van der Waals surface area contributed by atoms with Crippen molar-refractivity contribution in [1.82, 2.24) is 10.3 Å². The summed E-state index contributed by atoms with van der Waals surface area (Å²) in [6.07, 6.45) is 1.63. The minimum atomic E-state index is -0.523. The molecule has 1 heterocycles. The van der Waals surface area contributed by atoms with Crippen LogP contribution < -0.4 is 5.32 Å². The van der Waals surface area contributed by atoms with Crippen LogP contribution in [0.4, 0.5) is 4.79 Å². The van der Waals surface area contributed by atoms with Crippen LogP contribution >= 0.6 is 15.9 Å². The average Bonchev–Trinajstić information content (AvgIpc) is 2.40. The first-order valence-corrected chi connectivity index (χ1v) is 8.10. The largest absolute Gasteiger partial charge is 0.444 e. The third-order valence-electron chi connectivity index (χ3n) is 2.35. The number of ether oxygens (including phenoxy) is 1. The van der Waals surface area contributed by atoms with E-state index in [4.69, 9.17) is 4.74 Å². The molecule has 0 atom stereocenters. The molecule has 6 heteroatoms. The Kier molecular flexibility index (Phi) is 8.94. The van der Waals surface area contributed by atoms with Gasteiger partial charge < -0.3 is 10.1 Å². The van der Waals surface area contributed by atoms with E-state index >= 15 is 0 Å². The van der Waals surface area contributed by atoms with E-state index in [9.17, 15) is 9.59 Å². The topological polar surface area (TPSA) is 68.3 Å². The molecule has 0 saturated heterocycles. The van der Waals surface area contributed by atoms with Gasteiger partial charge in [-0.1, -0.05) is 13.8 Å². The number of Topliss-reactive ketones (excluding diaryl/α,β-unsaturated/α-hetero) is 1. The van der Waals surface area contributed by atoms with Gasteiger partial charge in [-0.25, -0.2) is 4.79 Å². The van der Waals surface area contributed by atoms with Gasteiger partial charge in [-0.15, -0.1) is 0 Å². The molecule has 1 rings (SSSR count). The van der Waals surface area contributed by atoms with Gasteiger partial charge in [0.2, 0.25) is 0 Å². The van der Waals surface area contributed by atoms with Crippen molar-refractivity contribution in [3.8, 4) is 0 Å². The minimum absolute atomic E-state index is 0.0499. The van der Waals surface area contributed by atoms with E-state index in [1.807, 2.05) is 13.8 Å². The van der Waals surface area contributed by atoms with Crippen LogP contribution in [0.1, 0.15) is 57.6 Å². The SMILES string of the molecule is CC.CC(=O)c1cc(Br)cnc1CCNC(=O)OC(C)(C)C. The Morgan fingerprint density at radius 3 is 2.41 bits per heavy atom. The molecule has 0 spiro atoms. The molecule has 124 valence electrons. The molecule has 0 saturated carbocycles. The van der Waals surface area contributed by atoms with E-state index in [0.717, 1.165) is 4.47 Å². The smallest absolute Gasteiger partial charge is 0.407 e. The predicted octanol–water partition coefficient (Wildman–Crippen LogP) is 4.14. The normalized spacial score (nSPS) is 10.3. The Labute approximate surface area is 141 Å². The van der Waals surface area contributed by atoms with Crippen LogP contribution in [0.2, 0.25) is 0 Å². The van der Waals surface area contributed by atoms with E-state index in [0.29, 0.717) is 24.2 Å². The average molecular weight is 373 g/mol. The van der Waals surface area contributed by atoms with Crippen LogP contribution in [0, 0.1) is 0 Å². The van der Waals surface area contributed by atoms with E-state index < -0.39 is 11.7 Å². The number of hydrogen-bond donors (Lipinski definition) is 1. The molecule has 0 radical (unpaired) electrons. The van der Waals surface area contributed by atoms with Crippen LogP contribution in [-0.2, 0) is 11.2 Å². The van der Waals surface area contributed by atoms with Crippen LogP contribution in [-0.4, -0.2) is 29.0 Å². The molecule has 0 aliphatic heterocycles. The highest BCUT2D eigenvalue weighted by Crippen LogP contribution is 2.15. The Bertz CT molecular complexity index is 511. The van der Waals surface area contributed by atoms with Gasteiger partial charge in [-0.05, 0) is 49.7 Å². The summed E-state index contributed by atoms with van der Waals surface area (Å²) in [6, 6.07) is 1.73. The standard InChI is InChI=1S/C14H19BrN2O3.C2H6/c1-9(18)11-7-10(15)8-17-12(11)5-6-16-13(19)20-14(2,3)4;1-2/h7-8H,5-6H2,1-4H3,(H,16,19);1-2H3. The van der Waals surface area contributed by atoms with Crippen molar-refractivity contribution in [2.75, 3.05) is 6.54 Å². The van der Waals surface area contributed by atoms with E-state index in [1.165, 1.54) is 6.92 Å². The number of aromatic nitrogens is 1. The molecule has 0 unspecified atom stereocenters. The van der Waals surface area contributed by atoms with Crippen molar-refractivity contribution in [3.05, 3.63) is 28.0 Å². The summed E-state index contributed by atoms with van der Waals surface area (Å²) in [6.45, 7) is 11.3. The Morgan fingerprint density at radius 1 is 1.32 bits per heavy atom. The van der Waals surface area contributed by atoms with Crippen molar-refractivity contribution in [2.24, 2.45) is 0 Å². The quantitative estimate of drug-likeness (QED) is 0.806. The number of nitrogens with zero attached hydrogens (tertiary/aromatic N) is 1. The molecular weight excluding hydrogens is 348 g/mol. The lowest BCUT2D eigenvalue weighted by atomic mass is 10.1. The molecule has 0 aliphatic carbocycles. The van der Waals surface area contributed by atoms with E-state index in [1.54, 1.807) is 33.0 Å². The lowest BCUT2D eigenvalue weighted by Crippen LogP contribution is -2.33. The zero-order chi connectivity index (χ0) is 17.3. The van der Waals surface area contributed by atoms with Crippen LogP contribution in [0.25, 0.3) is 0 Å². The summed E-state index contributed by atoms with van der Waals surface area (Å²) in [4.78, 5) is 27.2. The number of rotatable bonds is 4. The van der Waals surface area contributed by atoms with E-state index in [-0.39, 0.29) is 5.78 Å². The number of halogens is 1. The first-order valence-electron chi connectivity index (χ1n) is 7.31. The fraction of sp³-hybridized carbons (Fsp3) is 0.562. The van der Waals surface area contributed by atoms with Gasteiger partial charge in [0.1, 0.15) is 5.60 Å². The fourth-order valence-electron chi connectivity index (χ4n) is 1.57. The van der Waals surface area contributed by atoms with Gasteiger partial charge in [-0.3, -0.25) is 9.78 Å². The molecule has 0 fully saturated rings. The maximum Gasteiger partial charge on any atom is 0.407 e. The number of carbonyl (C=O) groups is 2. The van der Waals surface area contributed by atoms with Crippen LogP contribution in [0.3, 0.4) is 0 Å². The van der Waals surface area contributed by atoms with Crippen molar-refractivity contribution in [1.29, 1.82) is 0 Å². The molecule has 1 aromatic heterocycles. The van der Waals surface area contributed by atoms with Crippen LogP contribution in [0.15, 0.2) is 16.7 Å². The van der Waals surface area contributed by atoms with Crippen molar-refractivity contribution < 1.29 is 14.3 Å². The van der Waals surface area contributed by atoms with Gasteiger partial charge in [0.15, 0.2) is 5.78 Å². The maximum atomic E-state index is 11.5. The Hall–Kier alpha value is -1.43. The number of pyridine rings is 1. The Morgan fingerprint density at radius 2 is 1.91 bits per heavy atom. The van der Waals surface area contributed by atoms with Crippen molar-refractivity contribution in [2.45, 2.75) is 53.6 Å². The van der Waals surface area contributed by atoms with Gasteiger partial charge in [0, 0.05) is 29.2 Å². The fourth-order valence-corrected chi connectivity index (χ4v) is 1.90. The zero-order valence-electron chi connectivity index (χ0n) is 14.1. The highest BCUT2D eigenvalue weighted by Gasteiger charge is 2.16. The maximum absolute atomic E-state index is 11.5. The number of ketones is 1. The van der Waals surface area contributed by atoms with Gasteiger partial charge >= 0.3 is 6.09 Å².